The van der Waals surface area contributed by atoms with Crippen molar-refractivity contribution in [2.45, 2.75) is 65.5 Å². The van der Waals surface area contributed by atoms with Crippen LogP contribution < -0.4 is 4.74 Å². The van der Waals surface area contributed by atoms with Crippen molar-refractivity contribution in [3.63, 3.8) is 0 Å². The number of phenols is 1. The predicted octanol–water partition coefficient (Wildman–Crippen LogP) is 11.4. The maximum Gasteiger partial charge on any atom is 0.369 e. The number of alkyl halides is 2. The van der Waals surface area contributed by atoms with E-state index in [9.17, 15) is 24.3 Å². The summed E-state index contributed by atoms with van der Waals surface area (Å²) in [4.78, 5) is 53.0. The Morgan fingerprint density at radius 2 is 1.10 bits per heavy atom. The lowest BCUT2D eigenvalue weighted by atomic mass is 10.0. The second kappa shape index (κ2) is 22.1. The number of rotatable bonds is 11. The molecule has 16 heteroatoms. The number of halogens is 5. The highest BCUT2D eigenvalue weighted by atomic mass is 79.9. The van der Waals surface area contributed by atoms with Crippen molar-refractivity contribution in [1.29, 1.82) is 0 Å². The van der Waals surface area contributed by atoms with E-state index in [0.717, 1.165) is 118 Å². The van der Waals surface area contributed by atoms with E-state index in [1.54, 1.807) is 26.2 Å². The fourth-order valence-electron chi connectivity index (χ4n) is 8.66. The van der Waals surface area contributed by atoms with Crippen LogP contribution in [0, 0.1) is 0 Å². The monoisotopic (exact) mass is 1070 g/mol. The maximum absolute atomic E-state index is 12.3. The first-order valence-electron chi connectivity index (χ1n) is 20.3. The largest absolute Gasteiger partial charge is 0.507 e. The average Bonchev–Trinajstić information content (AvgIpc) is 3.94. The van der Waals surface area contributed by atoms with Gasteiger partial charge in [-0.1, -0.05) is 0 Å². The van der Waals surface area contributed by atoms with Crippen molar-refractivity contribution in [1.82, 2.24) is 18.9 Å². The Morgan fingerprint density at radius 3 is 1.48 bits per heavy atom. The fourth-order valence-corrected chi connectivity index (χ4v) is 8.66. The van der Waals surface area contributed by atoms with Gasteiger partial charge in [0, 0.05) is 81.8 Å². The van der Waals surface area contributed by atoms with Gasteiger partial charge in [0.15, 0.2) is 23.1 Å². The number of methoxy groups -OCH3 is 1. The number of ketones is 4. The molecule has 0 saturated carbocycles. The molecule has 2 heterocycles. The van der Waals surface area contributed by atoms with Gasteiger partial charge in [0.05, 0.1) is 34.6 Å². The van der Waals surface area contributed by atoms with Crippen LogP contribution in [0.1, 0.15) is 92.1 Å². The van der Waals surface area contributed by atoms with Crippen LogP contribution in [0.25, 0.3) is 43.6 Å². The summed E-state index contributed by atoms with van der Waals surface area (Å²) in [6.07, 6.45) is 4.59. The quantitative estimate of drug-likeness (QED) is 0.0775. The summed E-state index contributed by atoms with van der Waals surface area (Å²) in [7, 11) is 9.85. The molecule has 0 saturated heterocycles. The number of aromatic nitrogens is 2. The number of aryl methyl sites for hydroxylation is 4. The van der Waals surface area contributed by atoms with Gasteiger partial charge in [0.25, 0.3) is 0 Å². The summed E-state index contributed by atoms with van der Waals surface area (Å²) in [5, 5.41) is 14.7. The van der Waals surface area contributed by atoms with Crippen molar-refractivity contribution < 1.29 is 29.0 Å². The highest BCUT2D eigenvalue weighted by Crippen LogP contribution is 2.41. The molecule has 2 aromatic heterocycles. The lowest BCUT2D eigenvalue weighted by molar-refractivity contribution is 0.0986. The summed E-state index contributed by atoms with van der Waals surface area (Å²) in [5.74, 6) is 0.836. The number of hydrogen-bond donors (Lipinski definition) is 1. The maximum atomic E-state index is 12.3. The van der Waals surface area contributed by atoms with E-state index in [0.29, 0.717) is 29.7 Å². The van der Waals surface area contributed by atoms with Gasteiger partial charge in [-0.3, -0.25) is 19.2 Å². The number of phenolic OH excluding ortho intramolecular Hbond substituents is 1. The molecule has 0 amide bonds. The molecule has 2 aliphatic carbocycles. The van der Waals surface area contributed by atoms with Gasteiger partial charge in [-0.2, -0.15) is 0 Å². The summed E-state index contributed by atoms with van der Waals surface area (Å²) in [6, 6.07) is 15.4. The average molecular weight is 1080 g/mol. The van der Waals surface area contributed by atoms with Crippen LogP contribution in [-0.2, 0) is 25.9 Å². The molecule has 330 valence electrons. The summed E-state index contributed by atoms with van der Waals surface area (Å²) >= 11 is 18.8. The molecule has 0 bridgehead atoms. The first kappa shape index (κ1) is 49.8. The Kier molecular flexibility index (Phi) is 17.7. The summed E-state index contributed by atoms with van der Waals surface area (Å²) in [6.45, 7) is 6.66. The Morgan fingerprint density at radius 1 is 0.694 bits per heavy atom. The van der Waals surface area contributed by atoms with Gasteiger partial charge < -0.3 is 28.8 Å². The van der Waals surface area contributed by atoms with Crippen LogP contribution in [0.3, 0.4) is 0 Å². The number of hydrogen-bond acceptors (Lipinski definition) is 8. The molecule has 0 aliphatic heterocycles. The molecule has 0 spiro atoms. The van der Waals surface area contributed by atoms with Gasteiger partial charge in [-0.25, -0.2) is 0 Å². The number of nitrogens with zero attached hydrogens (tertiary/aromatic N) is 4. The third-order valence-electron chi connectivity index (χ3n) is 11.3. The van der Waals surface area contributed by atoms with Crippen LogP contribution in [0.15, 0.2) is 48.5 Å². The van der Waals surface area contributed by atoms with Gasteiger partial charge in [-0.05, 0) is 128 Å². The predicted molar refractivity (Wildman–Crippen MR) is 268 cm³/mol. The van der Waals surface area contributed by atoms with Crippen molar-refractivity contribution in [2.24, 2.45) is 0 Å². The minimum Gasteiger partial charge on any atom is -0.507 e. The molecule has 0 radical (unpaired) electrons. The van der Waals surface area contributed by atoms with Crippen molar-refractivity contribution in [3.05, 3.63) is 81.9 Å². The van der Waals surface area contributed by atoms with Crippen molar-refractivity contribution in [3.8, 4) is 11.5 Å². The molecule has 8 rings (SSSR count). The molecular formula is C46H52BBr3Cl2N4O6. The highest BCUT2D eigenvalue weighted by Gasteiger charge is 2.27. The molecule has 62 heavy (non-hydrogen) atoms. The smallest absolute Gasteiger partial charge is 0.369 e. The molecule has 2 aliphatic rings. The minimum atomic E-state index is -0.161. The van der Waals surface area contributed by atoms with Gasteiger partial charge in [-0.15, -0.1) is 70.5 Å². The lowest BCUT2D eigenvalue weighted by Gasteiger charge is -2.12. The minimum absolute atomic E-state index is 0.0133. The Bertz CT molecular complexity index is 2660. The third kappa shape index (κ3) is 11.0. The van der Waals surface area contributed by atoms with Crippen molar-refractivity contribution in [2.75, 3.05) is 53.7 Å². The van der Waals surface area contributed by atoms with E-state index in [4.69, 9.17) is 27.9 Å². The molecule has 0 unspecified atom stereocenters. The SMILES string of the molecule is BrB(Br)Br.CC(=O)c1cc2c3c4c(ccc3n(CCCN(C)C)c2cc1O)C(=O)CC4.COc1cc2c(cc1C(C)=O)c1c3c(ccc1n2CCCN(C)C)C(=O)CC3.ClCCl. The van der Waals surface area contributed by atoms with E-state index >= 15 is 0 Å². The van der Waals surface area contributed by atoms with Gasteiger partial charge >= 0.3 is 3.18 Å². The Balaban J connectivity index is 0.000000204. The number of carbonyl (C=O) groups excluding carboxylic acids is 4. The number of carbonyl (C=O) groups is 4. The number of Topliss-reactive ketones (excluding diaryl/α,β-unsaturated/α-hetero) is 4. The second-order valence-electron chi connectivity index (χ2n) is 15.9. The first-order valence-corrected chi connectivity index (χ1v) is 24.2. The number of benzene rings is 4. The third-order valence-corrected chi connectivity index (χ3v) is 11.3. The molecule has 1 N–H and O–H groups in total. The zero-order chi connectivity index (χ0) is 45.6. The Labute approximate surface area is 398 Å². The second-order valence-corrected chi connectivity index (χ2v) is 23.1. The normalized spacial score (nSPS) is 12.9. The standard InChI is InChI=1S/C23H26N2O3.C22H24N2O3.CH2Cl2.BBr3/c1-14(26)17-12-18-20(13-22(17)28-4)25(11-5-10-24(2)3)19-8-6-15-16(23(18)19)7-9-21(15)27;1-13(25)16-11-17-19(12-21(16)27)24(10-4-9-23(2)3)18-7-5-14-15(22(17)18)6-8-20(14)26;2-1-3;2-1(3)4/h6,8,12-13H,5,7,9-11H2,1-4H3;5,7,11-12,27H,4,6,8-10H2,1-3H3;1H2;. The van der Waals surface area contributed by atoms with Gasteiger partial charge in [0.2, 0.25) is 0 Å². The molecule has 0 atom stereocenters. The molecular weight excluding hydrogens is 1030 g/mol. The molecule has 4 aromatic carbocycles. The molecule has 10 nitrogen and oxygen atoms in total. The zero-order valence-corrected chi connectivity index (χ0v) is 42.4. The van der Waals surface area contributed by atoms with Crippen LogP contribution >= 0.6 is 70.5 Å². The Hall–Kier alpha value is -3.24. The number of fused-ring (bicyclic) bond motifs is 10. The lowest BCUT2D eigenvalue weighted by Crippen LogP contribution is -2.15. The summed E-state index contributed by atoms with van der Waals surface area (Å²) < 4.78 is 10.3. The van der Waals surface area contributed by atoms with E-state index in [-0.39, 0.29) is 37.4 Å². The highest BCUT2D eigenvalue weighted by molar-refractivity contribution is 9.69. The van der Waals surface area contributed by atoms with Gasteiger partial charge in [0.1, 0.15) is 11.5 Å². The van der Waals surface area contributed by atoms with Crippen LogP contribution in [-0.4, -0.2) is 104 Å². The zero-order valence-electron chi connectivity index (χ0n) is 36.1. The van der Waals surface area contributed by atoms with E-state index in [2.05, 4.69) is 100 Å². The molecule has 0 fully saturated rings. The van der Waals surface area contributed by atoms with E-state index in [1.807, 2.05) is 30.3 Å². The van der Waals surface area contributed by atoms with Crippen LogP contribution in [0.2, 0.25) is 0 Å². The molecule has 6 aromatic rings. The first-order chi connectivity index (χ1) is 29.4. The fraction of sp³-hybridized carbons (Fsp3) is 0.391. The van der Waals surface area contributed by atoms with E-state index < -0.39 is 0 Å². The van der Waals surface area contributed by atoms with Crippen LogP contribution in [0.5, 0.6) is 11.5 Å². The summed E-state index contributed by atoms with van der Waals surface area (Å²) in [5.41, 5.74) is 8.92. The number of ether oxygens (including phenoxy) is 1. The number of aromatic hydroxyl groups is 1. The van der Waals surface area contributed by atoms with Crippen molar-refractivity contribution >= 4 is 140 Å². The van der Waals surface area contributed by atoms with E-state index in [1.165, 1.54) is 6.92 Å². The van der Waals surface area contributed by atoms with Crippen LogP contribution in [0.4, 0.5) is 0 Å². The topological polar surface area (TPSA) is 114 Å².